The Morgan fingerprint density at radius 2 is 1.72 bits per heavy atom. The van der Waals surface area contributed by atoms with Crippen LogP contribution >= 0.6 is 0 Å². The number of aliphatic hydroxyl groups excluding tert-OH is 1. The van der Waals surface area contributed by atoms with Gasteiger partial charge in [0, 0.05) is 12.2 Å². The first-order valence-corrected chi connectivity index (χ1v) is 11.1. The molecule has 0 aliphatic heterocycles. The molecule has 3 N–H and O–H groups in total. The van der Waals surface area contributed by atoms with E-state index in [9.17, 15) is 24.0 Å². The summed E-state index contributed by atoms with van der Waals surface area (Å²) in [5, 5.41) is 8.73. The van der Waals surface area contributed by atoms with Gasteiger partial charge in [-0.05, 0) is 37.0 Å². The molecule has 202 valence electrons. The van der Waals surface area contributed by atoms with Crippen molar-refractivity contribution in [2.45, 2.75) is 59.1 Å². The molecular formula is C24H37N3O9. The zero-order chi connectivity index (χ0) is 28.2. The maximum absolute atomic E-state index is 10.7. The summed E-state index contributed by atoms with van der Waals surface area (Å²) in [6, 6.07) is 0.00750. The fraction of sp³-hybridized carbons (Fsp3) is 0.625. The molecule has 0 bridgehead atoms. The van der Waals surface area contributed by atoms with Crippen molar-refractivity contribution in [3.05, 3.63) is 25.3 Å². The number of ether oxygens (including phenoxy) is 3. The molecule has 1 aliphatic rings. The van der Waals surface area contributed by atoms with E-state index in [1.54, 1.807) is 19.1 Å². The summed E-state index contributed by atoms with van der Waals surface area (Å²) >= 11 is 0. The van der Waals surface area contributed by atoms with Crippen LogP contribution in [0.3, 0.4) is 0 Å². The molecule has 36 heavy (non-hydrogen) atoms. The normalized spacial score (nSPS) is 20.0. The molecule has 0 saturated heterocycles. The van der Waals surface area contributed by atoms with Gasteiger partial charge in [0.25, 0.3) is 0 Å². The highest BCUT2D eigenvalue weighted by molar-refractivity contribution is 5.82. The predicted octanol–water partition coefficient (Wildman–Crippen LogP) is 2.15. The molecule has 12 heteroatoms. The van der Waals surface area contributed by atoms with Gasteiger partial charge < -0.3 is 25.1 Å². The summed E-state index contributed by atoms with van der Waals surface area (Å²) in [5.74, 6) is -1.32. The number of aliphatic hydroxyl groups is 1. The van der Waals surface area contributed by atoms with E-state index in [0.29, 0.717) is 13.2 Å². The summed E-state index contributed by atoms with van der Waals surface area (Å²) in [6.45, 7) is 14.6. The summed E-state index contributed by atoms with van der Waals surface area (Å²) in [6.07, 6.45) is 6.23. The average Bonchev–Trinajstić information content (AvgIpc) is 2.79. The molecule has 0 aromatic heterocycles. The lowest BCUT2D eigenvalue weighted by atomic mass is 9.63. The van der Waals surface area contributed by atoms with Gasteiger partial charge in [0.15, 0.2) is 6.10 Å². The SMILES string of the molecule is C=CC(=O)OCC(CO)OC(=O)C=C.CC1(C)CC(N=C=O)CC(C)(CN=C=O)C1.CCOC(N)=O. The number of amides is 1. The lowest BCUT2D eigenvalue weighted by Crippen LogP contribution is -2.39. The van der Waals surface area contributed by atoms with E-state index in [2.05, 4.69) is 63.9 Å². The second kappa shape index (κ2) is 18.7. The lowest BCUT2D eigenvalue weighted by Gasteiger charge is -2.44. The number of hydrogen-bond donors (Lipinski definition) is 2. The number of carbonyl (C=O) groups is 3. The minimum Gasteiger partial charge on any atom is -0.458 e. The van der Waals surface area contributed by atoms with Crippen LogP contribution < -0.4 is 5.73 Å². The highest BCUT2D eigenvalue weighted by atomic mass is 16.6. The van der Waals surface area contributed by atoms with Gasteiger partial charge in [0.2, 0.25) is 12.2 Å². The van der Waals surface area contributed by atoms with Crippen molar-refractivity contribution in [2.24, 2.45) is 26.5 Å². The zero-order valence-electron chi connectivity index (χ0n) is 21.4. The van der Waals surface area contributed by atoms with Gasteiger partial charge in [-0.25, -0.2) is 34.0 Å². The van der Waals surface area contributed by atoms with Gasteiger partial charge in [-0.3, -0.25) is 0 Å². The summed E-state index contributed by atoms with van der Waals surface area (Å²) in [5.41, 5.74) is 4.60. The van der Waals surface area contributed by atoms with Gasteiger partial charge in [0.1, 0.15) is 6.61 Å². The number of primary amides is 1. The van der Waals surface area contributed by atoms with Gasteiger partial charge in [-0.15, -0.1) is 0 Å². The van der Waals surface area contributed by atoms with Crippen molar-refractivity contribution >= 4 is 30.2 Å². The van der Waals surface area contributed by atoms with Crippen LogP contribution in [0.1, 0.15) is 47.0 Å². The highest BCUT2D eigenvalue weighted by Crippen LogP contribution is 2.47. The molecule has 1 amide bonds. The maximum Gasteiger partial charge on any atom is 0.404 e. The van der Waals surface area contributed by atoms with E-state index < -0.39 is 30.7 Å². The van der Waals surface area contributed by atoms with Crippen molar-refractivity contribution in [1.29, 1.82) is 0 Å². The van der Waals surface area contributed by atoms with Gasteiger partial charge >= 0.3 is 18.0 Å². The summed E-state index contributed by atoms with van der Waals surface area (Å²) in [4.78, 5) is 58.9. The molecule has 1 rings (SSSR count). The number of nitrogens with zero attached hydrogens (tertiary/aromatic N) is 2. The number of rotatable bonds is 10. The molecule has 1 saturated carbocycles. The van der Waals surface area contributed by atoms with Crippen LogP contribution in [0.2, 0.25) is 0 Å². The van der Waals surface area contributed by atoms with E-state index >= 15 is 0 Å². The Bertz CT molecular complexity index is 831. The van der Waals surface area contributed by atoms with Crippen molar-refractivity contribution in [3.8, 4) is 0 Å². The smallest absolute Gasteiger partial charge is 0.404 e. The van der Waals surface area contributed by atoms with Crippen LogP contribution in [0.25, 0.3) is 0 Å². The highest BCUT2D eigenvalue weighted by Gasteiger charge is 2.41. The molecule has 1 aliphatic carbocycles. The molecule has 0 spiro atoms. The first-order chi connectivity index (χ1) is 16.8. The van der Waals surface area contributed by atoms with E-state index in [1.165, 1.54) is 0 Å². The fourth-order valence-electron chi connectivity index (χ4n) is 3.80. The largest absolute Gasteiger partial charge is 0.458 e. The van der Waals surface area contributed by atoms with E-state index in [4.69, 9.17) is 5.11 Å². The maximum atomic E-state index is 10.7. The quantitative estimate of drug-likeness (QED) is 0.146. The molecule has 3 atom stereocenters. The number of hydrogen-bond acceptors (Lipinski definition) is 11. The van der Waals surface area contributed by atoms with Crippen molar-refractivity contribution in [2.75, 3.05) is 26.4 Å². The first kappa shape index (κ1) is 34.6. The fourth-order valence-corrected chi connectivity index (χ4v) is 3.80. The van der Waals surface area contributed by atoms with Crippen LogP contribution in [0.5, 0.6) is 0 Å². The molecule has 1 fully saturated rings. The number of carbonyl (C=O) groups excluding carboxylic acids is 5. The first-order valence-electron chi connectivity index (χ1n) is 11.1. The van der Waals surface area contributed by atoms with Crippen LogP contribution in [0.15, 0.2) is 35.3 Å². The van der Waals surface area contributed by atoms with Crippen LogP contribution in [0, 0.1) is 10.8 Å². The Labute approximate surface area is 211 Å². The standard InChI is InChI=1S/C12H18N2O2.C9H12O5.C3H7NO2/c1-11(2)4-10(14-9-16)5-12(3,6-11)7-13-8-15;1-3-8(11)13-6-7(5-10)14-9(12)4-2;1-2-6-3(4)5/h10H,4-7H2,1-3H3;3-4,7,10H,1-2,5-6H2;2H2,1H3,(H2,4,5). The topological polar surface area (TPSA) is 184 Å². The van der Waals surface area contributed by atoms with Crippen molar-refractivity contribution < 1.29 is 43.3 Å². The van der Waals surface area contributed by atoms with Gasteiger partial charge in [0.05, 0.1) is 25.8 Å². The summed E-state index contributed by atoms with van der Waals surface area (Å²) in [7, 11) is 0. The average molecular weight is 512 g/mol. The zero-order valence-corrected chi connectivity index (χ0v) is 21.4. The minimum atomic E-state index is -0.871. The second-order valence-corrected chi connectivity index (χ2v) is 8.87. The van der Waals surface area contributed by atoms with Gasteiger partial charge in [-0.2, -0.15) is 0 Å². The third kappa shape index (κ3) is 17.8. The number of aliphatic imine (C=N–C) groups is 2. The van der Waals surface area contributed by atoms with Crippen LogP contribution in [-0.2, 0) is 33.4 Å². The molecule has 0 aromatic rings. The Morgan fingerprint density at radius 3 is 2.14 bits per heavy atom. The lowest BCUT2D eigenvalue weighted by molar-refractivity contribution is -0.154. The number of isocyanates is 2. The van der Waals surface area contributed by atoms with Crippen LogP contribution in [-0.4, -0.2) is 73.8 Å². The molecule has 12 nitrogen and oxygen atoms in total. The third-order valence-electron chi connectivity index (χ3n) is 4.70. The van der Waals surface area contributed by atoms with Gasteiger partial charge in [-0.1, -0.05) is 33.9 Å². The van der Waals surface area contributed by atoms with Crippen molar-refractivity contribution in [3.63, 3.8) is 0 Å². The third-order valence-corrected chi connectivity index (χ3v) is 4.70. The Kier molecular flexibility index (Phi) is 18.0. The van der Waals surface area contributed by atoms with Crippen molar-refractivity contribution in [1.82, 2.24) is 0 Å². The monoisotopic (exact) mass is 511 g/mol. The predicted molar refractivity (Wildman–Crippen MR) is 130 cm³/mol. The Hall–Kier alpha value is -3.59. The minimum absolute atomic E-state index is 0.00750. The Balaban J connectivity index is 0. The molecule has 0 aromatic carbocycles. The molecule has 3 unspecified atom stereocenters. The molecule has 0 radical (unpaired) electrons. The molecule has 0 heterocycles. The Morgan fingerprint density at radius 1 is 1.11 bits per heavy atom. The molecular weight excluding hydrogens is 474 g/mol. The second-order valence-electron chi connectivity index (χ2n) is 8.87. The van der Waals surface area contributed by atoms with E-state index in [1.807, 2.05) is 0 Å². The number of esters is 2. The number of nitrogens with two attached hydrogens (primary N) is 1. The summed E-state index contributed by atoms with van der Waals surface area (Å²) < 4.78 is 13.4. The van der Waals surface area contributed by atoms with E-state index in [-0.39, 0.29) is 23.5 Å². The van der Waals surface area contributed by atoms with Crippen LogP contribution in [0.4, 0.5) is 4.79 Å². The van der Waals surface area contributed by atoms with E-state index in [0.717, 1.165) is 31.4 Å².